The number of carbonyl (C=O) groups is 2. The molecule has 3 N–H and O–H groups in total. The Morgan fingerprint density at radius 2 is 1.63 bits per heavy atom. The van der Waals surface area contributed by atoms with E-state index in [4.69, 9.17) is 9.47 Å². The first-order valence-electron chi connectivity index (χ1n) is 16.4. The predicted molar refractivity (Wildman–Crippen MR) is 187 cm³/mol. The van der Waals surface area contributed by atoms with E-state index in [1.807, 2.05) is 44.2 Å². The molecule has 2 atom stereocenters. The van der Waals surface area contributed by atoms with Crippen LogP contribution in [-0.2, 0) is 30.8 Å². The number of benzene rings is 3. The average molecular weight is 697 g/mol. The standard InChI is InChI=1S/C36H48N4O8S/c1-26(2)22-40(49(45,46)30-15-13-29(47-4)14-16-30)23-34(42)31(21-28-9-6-5-7-10-28)37-35(43)24-39(32-11-8-12-33(41)27(32)3)25-36(44)38-17-19-48-20-18-38/h5-16,26,31,34,41-42H,17-25H2,1-4H3,(H,37,43)/t31-,34-/m0/s1. The molecule has 0 bridgehead atoms. The summed E-state index contributed by atoms with van der Waals surface area (Å²) in [6.45, 7) is 6.74. The number of nitrogens with one attached hydrogen (secondary N) is 1. The third-order valence-corrected chi connectivity index (χ3v) is 10.3. The van der Waals surface area contributed by atoms with E-state index in [1.54, 1.807) is 41.0 Å². The second kappa shape index (κ2) is 17.5. The van der Waals surface area contributed by atoms with Crippen LogP contribution in [0.2, 0.25) is 0 Å². The number of phenols is 1. The molecule has 1 heterocycles. The number of sulfonamides is 1. The Bertz CT molecular complexity index is 1630. The number of ether oxygens (including phenoxy) is 2. The van der Waals surface area contributed by atoms with Crippen LogP contribution in [0, 0.1) is 12.8 Å². The molecule has 0 aliphatic carbocycles. The molecule has 49 heavy (non-hydrogen) atoms. The van der Waals surface area contributed by atoms with Crippen molar-refractivity contribution < 1.29 is 37.7 Å². The number of nitrogens with zero attached hydrogens (tertiary/aromatic N) is 3. The van der Waals surface area contributed by atoms with Gasteiger partial charge in [0.15, 0.2) is 0 Å². The lowest BCUT2D eigenvalue weighted by molar-refractivity contribution is -0.133. The highest BCUT2D eigenvalue weighted by atomic mass is 32.2. The molecule has 2 amide bonds. The Labute approximate surface area is 289 Å². The summed E-state index contributed by atoms with van der Waals surface area (Å²) in [6.07, 6.45) is -1.06. The lowest BCUT2D eigenvalue weighted by Crippen LogP contribution is -2.53. The number of amides is 2. The van der Waals surface area contributed by atoms with Crippen LogP contribution in [0.25, 0.3) is 0 Å². The average Bonchev–Trinajstić information content (AvgIpc) is 3.09. The van der Waals surface area contributed by atoms with E-state index in [0.29, 0.717) is 43.3 Å². The number of aliphatic hydroxyl groups excluding tert-OH is 1. The maximum Gasteiger partial charge on any atom is 0.243 e. The van der Waals surface area contributed by atoms with Gasteiger partial charge < -0.3 is 34.8 Å². The van der Waals surface area contributed by atoms with Gasteiger partial charge >= 0.3 is 0 Å². The van der Waals surface area contributed by atoms with Gasteiger partial charge in [-0.05, 0) is 61.2 Å². The van der Waals surface area contributed by atoms with Crippen molar-refractivity contribution in [3.63, 3.8) is 0 Å². The molecule has 3 aromatic rings. The first-order valence-corrected chi connectivity index (χ1v) is 17.9. The third kappa shape index (κ3) is 10.4. The van der Waals surface area contributed by atoms with Crippen LogP contribution in [0.3, 0.4) is 0 Å². The summed E-state index contributed by atoms with van der Waals surface area (Å²) in [4.78, 5) is 30.5. The fourth-order valence-corrected chi connectivity index (χ4v) is 7.37. The maximum absolute atomic E-state index is 13.8. The zero-order valence-corrected chi connectivity index (χ0v) is 29.4. The number of hydrogen-bond donors (Lipinski definition) is 3. The number of morpholine rings is 1. The number of aromatic hydroxyl groups is 1. The van der Waals surface area contributed by atoms with Gasteiger partial charge in [-0.2, -0.15) is 4.31 Å². The van der Waals surface area contributed by atoms with E-state index >= 15 is 0 Å². The largest absolute Gasteiger partial charge is 0.508 e. The first kappa shape index (κ1) is 37.6. The van der Waals surface area contributed by atoms with Gasteiger partial charge in [0.05, 0.1) is 50.5 Å². The smallest absolute Gasteiger partial charge is 0.243 e. The van der Waals surface area contributed by atoms with Crippen LogP contribution in [0.15, 0.2) is 77.7 Å². The number of aliphatic hydroxyl groups is 1. The summed E-state index contributed by atoms with van der Waals surface area (Å²) < 4.78 is 39.5. The van der Waals surface area contributed by atoms with Crippen molar-refractivity contribution in [3.8, 4) is 11.5 Å². The van der Waals surface area contributed by atoms with Crippen LogP contribution < -0.4 is 15.0 Å². The Morgan fingerprint density at radius 3 is 2.27 bits per heavy atom. The second-order valence-electron chi connectivity index (χ2n) is 12.6. The molecule has 0 aromatic heterocycles. The van der Waals surface area contributed by atoms with Gasteiger partial charge in [-0.25, -0.2) is 8.42 Å². The molecule has 1 fully saturated rings. The highest BCUT2D eigenvalue weighted by molar-refractivity contribution is 7.89. The molecule has 0 radical (unpaired) electrons. The van der Waals surface area contributed by atoms with E-state index in [0.717, 1.165) is 5.56 Å². The Morgan fingerprint density at radius 1 is 0.959 bits per heavy atom. The van der Waals surface area contributed by atoms with Gasteiger partial charge in [0.2, 0.25) is 21.8 Å². The molecular weight excluding hydrogens is 648 g/mol. The third-order valence-electron chi connectivity index (χ3n) is 8.41. The van der Waals surface area contributed by atoms with E-state index in [2.05, 4.69) is 5.32 Å². The van der Waals surface area contributed by atoms with Crippen LogP contribution in [-0.4, -0.2) is 111 Å². The minimum atomic E-state index is -4.02. The summed E-state index contributed by atoms with van der Waals surface area (Å²) in [5, 5.41) is 25.1. The summed E-state index contributed by atoms with van der Waals surface area (Å²) >= 11 is 0. The molecule has 1 aliphatic rings. The van der Waals surface area contributed by atoms with Gasteiger partial charge in [0.25, 0.3) is 0 Å². The fourth-order valence-electron chi connectivity index (χ4n) is 5.74. The maximum atomic E-state index is 13.8. The number of anilines is 1. The molecule has 1 saturated heterocycles. The van der Waals surface area contributed by atoms with Crippen molar-refractivity contribution in [3.05, 3.63) is 83.9 Å². The molecule has 0 unspecified atom stereocenters. The van der Waals surface area contributed by atoms with Crippen LogP contribution in [0.1, 0.15) is 25.0 Å². The molecular formula is C36H48N4O8S. The van der Waals surface area contributed by atoms with Crippen molar-refractivity contribution in [2.45, 2.75) is 44.2 Å². The van der Waals surface area contributed by atoms with Crippen LogP contribution in [0.5, 0.6) is 11.5 Å². The first-order chi connectivity index (χ1) is 23.4. The zero-order chi connectivity index (χ0) is 35.6. The lowest BCUT2D eigenvalue weighted by atomic mass is 10.0. The van der Waals surface area contributed by atoms with Crippen molar-refractivity contribution >= 4 is 27.5 Å². The van der Waals surface area contributed by atoms with Gasteiger partial charge in [-0.1, -0.05) is 50.2 Å². The minimum absolute atomic E-state index is 0.0300. The second-order valence-corrected chi connectivity index (χ2v) is 14.5. The molecule has 4 rings (SSSR count). The number of hydrogen-bond acceptors (Lipinski definition) is 9. The molecule has 12 nitrogen and oxygen atoms in total. The van der Waals surface area contributed by atoms with Crippen molar-refractivity contribution in [1.29, 1.82) is 0 Å². The lowest BCUT2D eigenvalue weighted by Gasteiger charge is -2.33. The van der Waals surface area contributed by atoms with E-state index in [9.17, 15) is 28.2 Å². The Kier molecular flexibility index (Phi) is 13.4. The topological polar surface area (TPSA) is 149 Å². The van der Waals surface area contributed by atoms with E-state index in [-0.39, 0.29) is 55.1 Å². The van der Waals surface area contributed by atoms with E-state index < -0.39 is 28.1 Å². The predicted octanol–water partition coefficient (Wildman–Crippen LogP) is 2.81. The summed E-state index contributed by atoms with van der Waals surface area (Å²) in [5.74, 6) is -0.173. The summed E-state index contributed by atoms with van der Waals surface area (Å²) in [6, 6.07) is 19.4. The van der Waals surface area contributed by atoms with Crippen molar-refractivity contribution in [1.82, 2.24) is 14.5 Å². The quantitative estimate of drug-likeness (QED) is 0.206. The highest BCUT2D eigenvalue weighted by Crippen LogP contribution is 2.28. The number of rotatable bonds is 16. The number of methoxy groups -OCH3 is 1. The number of carbonyl (C=O) groups excluding carboxylic acids is 2. The molecule has 266 valence electrons. The Balaban J connectivity index is 1.59. The molecule has 1 aliphatic heterocycles. The normalized spacial score (nSPS) is 14.8. The summed E-state index contributed by atoms with van der Waals surface area (Å²) in [7, 11) is -2.52. The fraction of sp³-hybridized carbons (Fsp3) is 0.444. The monoisotopic (exact) mass is 696 g/mol. The van der Waals surface area contributed by atoms with E-state index in [1.165, 1.54) is 29.6 Å². The molecule has 13 heteroatoms. The SMILES string of the molecule is COc1ccc(S(=O)(=O)N(CC(C)C)C[C@H](O)[C@H](Cc2ccccc2)NC(=O)CN(CC(=O)N2CCOCC2)c2cccc(O)c2C)cc1. The van der Waals surface area contributed by atoms with Crippen molar-refractivity contribution in [2.24, 2.45) is 5.92 Å². The van der Waals surface area contributed by atoms with Gasteiger partial charge in [-0.3, -0.25) is 9.59 Å². The summed E-state index contributed by atoms with van der Waals surface area (Å²) in [5.41, 5.74) is 1.87. The van der Waals surface area contributed by atoms with Crippen LogP contribution >= 0.6 is 0 Å². The molecule has 0 spiro atoms. The van der Waals surface area contributed by atoms with Gasteiger partial charge in [-0.15, -0.1) is 0 Å². The Hall–Kier alpha value is -4.17. The zero-order valence-electron chi connectivity index (χ0n) is 28.6. The van der Waals surface area contributed by atoms with Crippen molar-refractivity contribution in [2.75, 3.05) is 64.5 Å². The molecule has 3 aromatic carbocycles. The highest BCUT2D eigenvalue weighted by Gasteiger charge is 2.32. The molecule has 0 saturated carbocycles. The minimum Gasteiger partial charge on any atom is -0.508 e. The van der Waals surface area contributed by atoms with Gasteiger partial charge in [0.1, 0.15) is 11.5 Å². The van der Waals surface area contributed by atoms with Crippen LogP contribution in [0.4, 0.5) is 5.69 Å². The number of phenolic OH excluding ortho intramolecular Hbond substituents is 1. The van der Waals surface area contributed by atoms with Gasteiger partial charge in [0, 0.05) is 37.4 Å².